The number of carbonyl (C=O) groups is 1. The maximum Gasteiger partial charge on any atom is 0.223 e. The average molecular weight is 291 g/mol. The molecule has 1 aliphatic heterocycles. The predicted molar refractivity (Wildman–Crippen MR) is 75.3 cm³/mol. The monoisotopic (exact) mass is 291 g/mol. The van der Waals surface area contributed by atoms with E-state index < -0.39 is 10.0 Å². The van der Waals surface area contributed by atoms with Crippen LogP contribution in [0.1, 0.15) is 33.1 Å². The number of amides is 1. The Bertz CT molecular complexity index is 395. The Morgan fingerprint density at radius 1 is 1.42 bits per heavy atom. The smallest absolute Gasteiger partial charge is 0.223 e. The van der Waals surface area contributed by atoms with Gasteiger partial charge in [0.1, 0.15) is 0 Å². The van der Waals surface area contributed by atoms with Crippen LogP contribution < -0.4 is 10.0 Å². The number of rotatable bonds is 6. The third-order valence-corrected chi connectivity index (χ3v) is 3.81. The number of nitrogens with zero attached hydrogens (tertiary/aromatic N) is 1. The van der Waals surface area contributed by atoms with E-state index in [1.807, 2.05) is 13.8 Å². The lowest BCUT2D eigenvalue weighted by molar-refractivity contribution is -0.132. The first kappa shape index (κ1) is 16.4. The molecule has 0 saturated carbocycles. The summed E-state index contributed by atoms with van der Waals surface area (Å²) in [5, 5.41) is 3.21. The topological polar surface area (TPSA) is 78.5 Å². The molecule has 1 atom stereocenters. The first-order valence-electron chi connectivity index (χ1n) is 6.76. The summed E-state index contributed by atoms with van der Waals surface area (Å²) >= 11 is 0. The lowest BCUT2D eigenvalue weighted by atomic mass is 10.1. The second-order valence-corrected chi connectivity index (χ2v) is 7.21. The molecule has 19 heavy (non-hydrogen) atoms. The standard InChI is InChI=1S/C12H25N3O3S/c1-10(2)13-7-6-12(16)15-8-4-5-11(9-15)14-19(3,17)18/h10-11,13-14H,4-9H2,1-3H3. The van der Waals surface area contributed by atoms with Crippen molar-refractivity contribution >= 4 is 15.9 Å². The molecule has 1 unspecified atom stereocenters. The highest BCUT2D eigenvalue weighted by Gasteiger charge is 2.25. The van der Waals surface area contributed by atoms with E-state index in [0.29, 0.717) is 25.6 Å². The summed E-state index contributed by atoms with van der Waals surface area (Å²) in [6.45, 7) is 5.95. The molecule has 0 aromatic carbocycles. The van der Waals surface area contributed by atoms with Gasteiger partial charge in [-0.15, -0.1) is 0 Å². The first-order chi connectivity index (χ1) is 8.78. The number of likely N-dealkylation sites (tertiary alicyclic amines) is 1. The van der Waals surface area contributed by atoms with Crippen LogP contribution in [0.15, 0.2) is 0 Å². The third kappa shape index (κ3) is 6.89. The van der Waals surface area contributed by atoms with Crippen molar-refractivity contribution in [2.24, 2.45) is 0 Å². The van der Waals surface area contributed by atoms with Gasteiger partial charge in [0, 0.05) is 38.1 Å². The molecule has 1 heterocycles. The molecule has 0 bridgehead atoms. The average Bonchev–Trinajstić information content (AvgIpc) is 2.26. The Morgan fingerprint density at radius 2 is 2.11 bits per heavy atom. The molecule has 0 radical (unpaired) electrons. The summed E-state index contributed by atoms with van der Waals surface area (Å²) in [5.74, 6) is 0.0909. The minimum Gasteiger partial charge on any atom is -0.341 e. The molecule has 1 amide bonds. The summed E-state index contributed by atoms with van der Waals surface area (Å²) in [4.78, 5) is 13.8. The molecular formula is C12H25N3O3S. The maximum atomic E-state index is 12.0. The van der Waals surface area contributed by atoms with Crippen molar-refractivity contribution in [1.29, 1.82) is 0 Å². The summed E-state index contributed by atoms with van der Waals surface area (Å²) in [7, 11) is -3.20. The van der Waals surface area contributed by atoms with Gasteiger partial charge < -0.3 is 10.2 Å². The van der Waals surface area contributed by atoms with Crippen LogP contribution in [-0.2, 0) is 14.8 Å². The van der Waals surface area contributed by atoms with Crippen LogP contribution in [0.25, 0.3) is 0 Å². The van der Waals surface area contributed by atoms with Crippen LogP contribution in [-0.4, -0.2) is 57.2 Å². The molecule has 2 N–H and O–H groups in total. The quantitative estimate of drug-likeness (QED) is 0.717. The van der Waals surface area contributed by atoms with Crippen LogP contribution >= 0.6 is 0 Å². The van der Waals surface area contributed by atoms with Crippen molar-refractivity contribution in [2.75, 3.05) is 25.9 Å². The molecule has 0 spiro atoms. The largest absolute Gasteiger partial charge is 0.341 e. The Balaban J connectivity index is 2.39. The number of hydrogen-bond donors (Lipinski definition) is 2. The van der Waals surface area contributed by atoms with Crippen LogP contribution in [0.4, 0.5) is 0 Å². The number of sulfonamides is 1. The second-order valence-electron chi connectivity index (χ2n) is 5.43. The molecule has 6 nitrogen and oxygen atoms in total. The molecule has 1 saturated heterocycles. The van der Waals surface area contributed by atoms with Gasteiger partial charge in [0.2, 0.25) is 15.9 Å². The van der Waals surface area contributed by atoms with Gasteiger partial charge >= 0.3 is 0 Å². The van der Waals surface area contributed by atoms with Crippen molar-refractivity contribution in [1.82, 2.24) is 14.9 Å². The molecule has 0 aromatic heterocycles. The van der Waals surface area contributed by atoms with Gasteiger partial charge in [-0.3, -0.25) is 4.79 Å². The normalized spacial score (nSPS) is 20.8. The highest BCUT2D eigenvalue weighted by molar-refractivity contribution is 7.88. The summed E-state index contributed by atoms with van der Waals surface area (Å²) < 4.78 is 25.0. The van der Waals surface area contributed by atoms with E-state index in [1.165, 1.54) is 0 Å². The van der Waals surface area contributed by atoms with E-state index in [0.717, 1.165) is 25.6 Å². The molecule has 1 fully saturated rings. The summed E-state index contributed by atoms with van der Waals surface area (Å²) in [5.41, 5.74) is 0. The molecular weight excluding hydrogens is 266 g/mol. The van der Waals surface area contributed by atoms with Gasteiger partial charge in [-0.05, 0) is 12.8 Å². The highest BCUT2D eigenvalue weighted by Crippen LogP contribution is 2.11. The fourth-order valence-electron chi connectivity index (χ4n) is 2.23. The van der Waals surface area contributed by atoms with Crippen LogP contribution in [0.3, 0.4) is 0 Å². The van der Waals surface area contributed by atoms with E-state index >= 15 is 0 Å². The lowest BCUT2D eigenvalue weighted by Gasteiger charge is -2.33. The first-order valence-corrected chi connectivity index (χ1v) is 8.65. The van der Waals surface area contributed by atoms with Crippen LogP contribution in [0.2, 0.25) is 0 Å². The SMILES string of the molecule is CC(C)NCCC(=O)N1CCCC(NS(C)(=O)=O)C1. The Kier molecular flexibility index (Phi) is 6.22. The summed E-state index contributed by atoms with van der Waals surface area (Å²) in [6.07, 6.45) is 3.25. The van der Waals surface area contributed by atoms with Crippen LogP contribution in [0, 0.1) is 0 Å². The van der Waals surface area contributed by atoms with Gasteiger partial charge in [0.05, 0.1) is 6.26 Å². The van der Waals surface area contributed by atoms with Gasteiger partial charge in [-0.25, -0.2) is 13.1 Å². The van der Waals surface area contributed by atoms with E-state index in [4.69, 9.17) is 0 Å². The molecule has 7 heteroatoms. The van der Waals surface area contributed by atoms with E-state index in [1.54, 1.807) is 4.90 Å². The van der Waals surface area contributed by atoms with E-state index in [-0.39, 0.29) is 11.9 Å². The number of carbonyl (C=O) groups excluding carboxylic acids is 1. The molecule has 1 aliphatic rings. The van der Waals surface area contributed by atoms with Crippen molar-refractivity contribution in [3.05, 3.63) is 0 Å². The van der Waals surface area contributed by atoms with E-state index in [9.17, 15) is 13.2 Å². The van der Waals surface area contributed by atoms with Gasteiger partial charge in [0.15, 0.2) is 0 Å². The Hall–Kier alpha value is -0.660. The van der Waals surface area contributed by atoms with E-state index in [2.05, 4.69) is 10.0 Å². The molecule has 0 aliphatic carbocycles. The highest BCUT2D eigenvalue weighted by atomic mass is 32.2. The zero-order chi connectivity index (χ0) is 14.5. The zero-order valence-electron chi connectivity index (χ0n) is 12.0. The molecule has 0 aromatic rings. The van der Waals surface area contributed by atoms with Gasteiger partial charge in [-0.2, -0.15) is 0 Å². The van der Waals surface area contributed by atoms with Gasteiger partial charge in [-0.1, -0.05) is 13.8 Å². The Morgan fingerprint density at radius 3 is 2.68 bits per heavy atom. The molecule has 112 valence electrons. The minimum absolute atomic E-state index is 0.0909. The second kappa shape index (κ2) is 7.21. The van der Waals surface area contributed by atoms with Crippen molar-refractivity contribution < 1.29 is 13.2 Å². The summed E-state index contributed by atoms with van der Waals surface area (Å²) in [6, 6.07) is 0.222. The minimum atomic E-state index is -3.20. The van der Waals surface area contributed by atoms with Crippen molar-refractivity contribution in [2.45, 2.75) is 45.2 Å². The lowest BCUT2D eigenvalue weighted by Crippen LogP contribution is -2.49. The van der Waals surface area contributed by atoms with Crippen molar-refractivity contribution in [3.8, 4) is 0 Å². The predicted octanol–water partition coefficient (Wildman–Crippen LogP) is -0.0853. The fraction of sp³-hybridized carbons (Fsp3) is 0.917. The van der Waals surface area contributed by atoms with Crippen LogP contribution in [0.5, 0.6) is 0 Å². The maximum absolute atomic E-state index is 12.0. The molecule has 1 rings (SSSR count). The number of hydrogen-bond acceptors (Lipinski definition) is 4. The number of nitrogens with one attached hydrogen (secondary N) is 2. The fourth-order valence-corrected chi connectivity index (χ4v) is 3.03. The van der Waals surface area contributed by atoms with Crippen molar-refractivity contribution in [3.63, 3.8) is 0 Å². The third-order valence-electron chi connectivity index (χ3n) is 3.05. The Labute approximate surface area is 116 Å². The number of piperidine rings is 1. The zero-order valence-corrected chi connectivity index (χ0v) is 12.8. The van der Waals surface area contributed by atoms with Gasteiger partial charge in [0.25, 0.3) is 0 Å².